The van der Waals surface area contributed by atoms with Crippen LogP contribution in [0.3, 0.4) is 0 Å². The molecule has 1 spiro atoms. The van der Waals surface area contributed by atoms with E-state index in [1.54, 1.807) is 0 Å². The van der Waals surface area contributed by atoms with E-state index in [-0.39, 0.29) is 11.4 Å². The molecule has 0 radical (unpaired) electrons. The number of hydrogen-bond acceptors (Lipinski definition) is 4. The predicted octanol–water partition coefficient (Wildman–Crippen LogP) is 1.33. The molecule has 1 amide bonds. The molecule has 2 saturated heterocycles. The van der Waals surface area contributed by atoms with Crippen molar-refractivity contribution in [2.24, 2.45) is 7.05 Å². The van der Waals surface area contributed by atoms with Crippen LogP contribution in [0.25, 0.3) is 0 Å². The number of nitrogens with zero attached hydrogens (tertiary/aromatic N) is 5. The number of rotatable bonds is 2. The third kappa shape index (κ3) is 3.31. The summed E-state index contributed by atoms with van der Waals surface area (Å²) in [5, 5.41) is 9.25. The number of likely N-dealkylation sites (N-methyl/N-ethyl adjacent to an activating group) is 1. The summed E-state index contributed by atoms with van der Waals surface area (Å²) in [6.45, 7) is 6.83. The monoisotopic (exact) mass is 343 g/mol. The molecule has 3 rings (SSSR count). The van der Waals surface area contributed by atoms with Gasteiger partial charge in [0.25, 0.3) is 0 Å². The van der Waals surface area contributed by atoms with Gasteiger partial charge < -0.3 is 9.47 Å². The third-order valence-electron chi connectivity index (χ3n) is 6.37. The molecule has 0 aliphatic carbocycles. The first-order valence-corrected chi connectivity index (χ1v) is 9.09. The summed E-state index contributed by atoms with van der Waals surface area (Å²) in [5.41, 5.74) is 3.21. The van der Waals surface area contributed by atoms with Gasteiger partial charge in [0.2, 0.25) is 5.91 Å². The summed E-state index contributed by atoms with van der Waals surface area (Å²) in [7, 11) is 6.07. The summed E-state index contributed by atoms with van der Waals surface area (Å²) in [6, 6.07) is 4.29. The molecule has 2 aliphatic heterocycles. The molecule has 0 N–H and O–H groups in total. The molecule has 0 bridgehead atoms. The molecule has 1 aromatic rings. The highest BCUT2D eigenvalue weighted by Crippen LogP contribution is 2.32. The molecular formula is C19H29N5O. The number of carbonyl (C=O) groups is 1. The summed E-state index contributed by atoms with van der Waals surface area (Å²) >= 11 is 0. The summed E-state index contributed by atoms with van der Waals surface area (Å²) < 4.78 is 1.97. The van der Waals surface area contributed by atoms with Crippen LogP contribution in [0, 0.1) is 18.3 Å². The quantitative estimate of drug-likeness (QED) is 0.813. The summed E-state index contributed by atoms with van der Waals surface area (Å²) in [4.78, 5) is 18.9. The molecule has 0 aromatic carbocycles. The number of aromatic nitrogens is 1. The first kappa shape index (κ1) is 18.0. The van der Waals surface area contributed by atoms with Gasteiger partial charge in [-0.2, -0.15) is 5.26 Å². The molecule has 0 saturated carbocycles. The number of hydrogen-bond donors (Lipinski definition) is 0. The van der Waals surface area contributed by atoms with Crippen molar-refractivity contribution in [1.82, 2.24) is 19.3 Å². The Morgan fingerprint density at radius 3 is 2.64 bits per heavy atom. The van der Waals surface area contributed by atoms with E-state index in [2.05, 4.69) is 29.8 Å². The first-order valence-electron chi connectivity index (χ1n) is 9.09. The Labute approximate surface area is 150 Å². The number of piperazine rings is 1. The van der Waals surface area contributed by atoms with E-state index in [4.69, 9.17) is 0 Å². The van der Waals surface area contributed by atoms with Crippen LogP contribution in [0.5, 0.6) is 0 Å². The number of nitriles is 1. The normalized spacial score (nSPS) is 26.0. The van der Waals surface area contributed by atoms with E-state index in [0.29, 0.717) is 6.42 Å². The zero-order valence-corrected chi connectivity index (χ0v) is 15.9. The highest BCUT2D eigenvalue weighted by Gasteiger charge is 2.41. The van der Waals surface area contributed by atoms with Gasteiger partial charge in [-0.15, -0.1) is 0 Å². The molecule has 6 heteroatoms. The summed E-state index contributed by atoms with van der Waals surface area (Å²) in [6.07, 6.45) is 2.59. The minimum absolute atomic E-state index is 0.0828. The molecule has 3 heterocycles. The molecule has 0 unspecified atom stereocenters. The molecule has 1 aromatic heterocycles. The molecule has 6 nitrogen and oxygen atoms in total. The van der Waals surface area contributed by atoms with Gasteiger partial charge in [0, 0.05) is 64.5 Å². The van der Waals surface area contributed by atoms with Gasteiger partial charge in [-0.25, -0.2) is 0 Å². The van der Waals surface area contributed by atoms with Crippen LogP contribution < -0.4 is 0 Å². The standard InChI is InChI=1S/C19H29N5O/c1-15-16(11-17(12-20)23(15)4)13-24-10-9-22(3)19(14-24)6-5-18(25)21(2)8-7-19/h11H,5-10,13-14H2,1-4H3/t19-/m0/s1. The molecule has 136 valence electrons. The fraction of sp³-hybridized carbons (Fsp3) is 0.684. The van der Waals surface area contributed by atoms with Crippen molar-refractivity contribution in [3.8, 4) is 6.07 Å². The smallest absolute Gasteiger partial charge is 0.222 e. The van der Waals surface area contributed by atoms with Gasteiger partial charge in [-0.05, 0) is 38.4 Å². The maximum Gasteiger partial charge on any atom is 0.222 e. The Hall–Kier alpha value is -1.84. The largest absolute Gasteiger partial charge is 0.346 e. The fourth-order valence-corrected chi connectivity index (χ4v) is 4.25. The first-order chi connectivity index (χ1) is 11.9. The van der Waals surface area contributed by atoms with Crippen molar-refractivity contribution < 1.29 is 4.79 Å². The molecular weight excluding hydrogens is 314 g/mol. The second-order valence-corrected chi connectivity index (χ2v) is 7.73. The maximum absolute atomic E-state index is 12.1. The average molecular weight is 343 g/mol. The second-order valence-electron chi connectivity index (χ2n) is 7.73. The number of amides is 1. The van der Waals surface area contributed by atoms with Crippen molar-refractivity contribution in [2.45, 2.75) is 38.3 Å². The van der Waals surface area contributed by atoms with E-state index < -0.39 is 0 Å². The highest BCUT2D eigenvalue weighted by molar-refractivity contribution is 5.76. The summed E-state index contributed by atoms with van der Waals surface area (Å²) in [5.74, 6) is 0.264. The minimum atomic E-state index is 0.0828. The van der Waals surface area contributed by atoms with E-state index in [9.17, 15) is 10.1 Å². The molecule has 1 atom stereocenters. The van der Waals surface area contributed by atoms with Crippen LogP contribution in [0.1, 0.15) is 36.2 Å². The van der Waals surface area contributed by atoms with Crippen LogP contribution in [0.2, 0.25) is 0 Å². The van der Waals surface area contributed by atoms with E-state index >= 15 is 0 Å². The lowest BCUT2D eigenvalue weighted by molar-refractivity contribution is -0.129. The Balaban J connectivity index is 1.77. The average Bonchev–Trinajstić information content (AvgIpc) is 2.79. The van der Waals surface area contributed by atoms with Crippen LogP contribution >= 0.6 is 0 Å². The van der Waals surface area contributed by atoms with E-state index in [1.807, 2.05) is 29.6 Å². The van der Waals surface area contributed by atoms with Crippen molar-refractivity contribution in [1.29, 1.82) is 5.26 Å². The topological polar surface area (TPSA) is 55.5 Å². The second kappa shape index (κ2) is 6.81. The van der Waals surface area contributed by atoms with E-state index in [1.165, 1.54) is 11.3 Å². The van der Waals surface area contributed by atoms with Gasteiger partial charge in [-0.3, -0.25) is 14.6 Å². The molecule has 25 heavy (non-hydrogen) atoms. The Morgan fingerprint density at radius 2 is 1.96 bits per heavy atom. The number of carbonyl (C=O) groups excluding carboxylic acids is 1. The molecule has 2 fully saturated rings. The zero-order valence-electron chi connectivity index (χ0n) is 15.9. The third-order valence-corrected chi connectivity index (χ3v) is 6.37. The molecule has 2 aliphatic rings. The lowest BCUT2D eigenvalue weighted by Crippen LogP contribution is -2.60. The SMILES string of the molecule is Cc1c(CN2CCN(C)[C@]3(CCC(=O)N(C)CC3)C2)cc(C#N)n1C. The fourth-order valence-electron chi connectivity index (χ4n) is 4.25. The highest BCUT2D eigenvalue weighted by atomic mass is 16.2. The predicted molar refractivity (Wildman–Crippen MR) is 97.0 cm³/mol. The van der Waals surface area contributed by atoms with Crippen molar-refractivity contribution in [3.05, 3.63) is 23.0 Å². The van der Waals surface area contributed by atoms with Gasteiger partial charge in [0.1, 0.15) is 11.8 Å². The van der Waals surface area contributed by atoms with Gasteiger partial charge in [0.05, 0.1) is 0 Å². The van der Waals surface area contributed by atoms with Crippen LogP contribution in [0.4, 0.5) is 0 Å². The van der Waals surface area contributed by atoms with Crippen LogP contribution in [-0.2, 0) is 18.4 Å². The lowest BCUT2D eigenvalue weighted by atomic mass is 9.86. The number of likely N-dealkylation sites (tertiary alicyclic amines) is 1. The Bertz CT molecular complexity index is 703. The van der Waals surface area contributed by atoms with Gasteiger partial charge in [0.15, 0.2) is 0 Å². The maximum atomic E-state index is 12.1. The van der Waals surface area contributed by atoms with Gasteiger partial charge >= 0.3 is 0 Å². The minimum Gasteiger partial charge on any atom is -0.346 e. The van der Waals surface area contributed by atoms with Gasteiger partial charge in [-0.1, -0.05) is 0 Å². The lowest BCUT2D eigenvalue weighted by Gasteiger charge is -2.49. The van der Waals surface area contributed by atoms with Crippen molar-refractivity contribution >= 4 is 5.91 Å². The van der Waals surface area contributed by atoms with Crippen molar-refractivity contribution in [3.63, 3.8) is 0 Å². The van der Waals surface area contributed by atoms with Crippen LogP contribution in [-0.4, -0.2) is 71.0 Å². The Morgan fingerprint density at radius 1 is 1.20 bits per heavy atom. The van der Waals surface area contributed by atoms with E-state index in [0.717, 1.165) is 51.3 Å². The zero-order chi connectivity index (χ0) is 18.2. The van der Waals surface area contributed by atoms with Crippen molar-refractivity contribution in [2.75, 3.05) is 40.3 Å². The Kier molecular flexibility index (Phi) is 4.90. The van der Waals surface area contributed by atoms with Crippen LogP contribution in [0.15, 0.2) is 6.07 Å².